The molecule has 0 spiro atoms. The minimum atomic E-state index is 0.282. The van der Waals surface area contributed by atoms with E-state index < -0.39 is 0 Å². The molecule has 0 N–H and O–H groups in total. The number of allylic oxidation sites excluding steroid dienone is 10. The Balaban J connectivity index is 2.16. The van der Waals surface area contributed by atoms with Gasteiger partial charge in [0.1, 0.15) is 0 Å². The average Bonchev–Trinajstić information content (AvgIpc) is 2.72. The molecule has 0 saturated heterocycles. The third-order valence-electron chi connectivity index (χ3n) is 3.97. The van der Waals surface area contributed by atoms with Crippen molar-refractivity contribution < 1.29 is 4.79 Å². The van der Waals surface area contributed by atoms with Gasteiger partial charge in [0.2, 0.25) is 0 Å². The van der Waals surface area contributed by atoms with Gasteiger partial charge in [0, 0.05) is 6.42 Å². The van der Waals surface area contributed by atoms with Gasteiger partial charge in [-0.05, 0) is 33.6 Å². The molecule has 1 nitrogen and oxygen atoms in total. The van der Waals surface area contributed by atoms with Crippen molar-refractivity contribution in [1.29, 1.82) is 0 Å². The lowest BCUT2D eigenvalue weighted by Crippen LogP contribution is -2.20. The molecule has 0 fully saturated rings. The van der Waals surface area contributed by atoms with E-state index in [-0.39, 0.29) is 5.78 Å². The van der Waals surface area contributed by atoms with Crippen molar-refractivity contribution in [2.75, 3.05) is 0 Å². The van der Waals surface area contributed by atoms with Crippen LogP contribution in [-0.2, 0) is 4.79 Å². The first-order valence-corrected chi connectivity index (χ1v) is 8.10. The molecule has 0 saturated carbocycles. The van der Waals surface area contributed by atoms with Crippen LogP contribution in [0.2, 0.25) is 0 Å². The summed E-state index contributed by atoms with van der Waals surface area (Å²) in [5, 5.41) is 0. The van der Waals surface area contributed by atoms with Gasteiger partial charge in [-0.3, -0.25) is 4.79 Å². The Morgan fingerprint density at radius 2 is 1.95 bits per heavy atom. The average molecular weight is 286 g/mol. The third-order valence-corrected chi connectivity index (χ3v) is 5.28. The van der Waals surface area contributed by atoms with Crippen LogP contribution in [0.1, 0.15) is 33.6 Å². The molecular weight excluding hydrogens is 264 g/mol. The highest BCUT2D eigenvalue weighted by Gasteiger charge is 2.27. The Morgan fingerprint density at radius 3 is 2.70 bits per heavy atom. The highest BCUT2D eigenvalue weighted by atomic mass is 32.2. The zero-order valence-corrected chi connectivity index (χ0v) is 13.2. The van der Waals surface area contributed by atoms with Gasteiger partial charge in [0.15, 0.2) is 5.78 Å². The van der Waals surface area contributed by atoms with Crippen molar-refractivity contribution >= 4 is 17.5 Å². The number of carbonyl (C=O) groups is 1. The summed E-state index contributed by atoms with van der Waals surface area (Å²) in [6.45, 7) is 6.32. The van der Waals surface area contributed by atoms with Crippen LogP contribution in [0.15, 0.2) is 57.9 Å². The zero-order chi connectivity index (χ0) is 14.5. The summed E-state index contributed by atoms with van der Waals surface area (Å²) in [4.78, 5) is 14.7. The maximum atomic E-state index is 11.9. The van der Waals surface area contributed by atoms with Gasteiger partial charge in [-0.1, -0.05) is 75.1 Å². The van der Waals surface area contributed by atoms with Crippen LogP contribution in [0.3, 0.4) is 0 Å². The normalized spacial score (nSPS) is 25.6. The fourth-order valence-corrected chi connectivity index (χ4v) is 3.61. The second-order valence-corrected chi connectivity index (χ2v) is 6.50. The molecule has 2 rings (SSSR count). The van der Waals surface area contributed by atoms with Crippen molar-refractivity contribution in [1.82, 2.24) is 0 Å². The maximum absolute atomic E-state index is 11.9. The molecule has 20 heavy (non-hydrogen) atoms. The lowest BCUT2D eigenvalue weighted by Gasteiger charge is -2.28. The van der Waals surface area contributed by atoms with Crippen LogP contribution in [0.5, 0.6) is 0 Å². The summed E-state index contributed by atoms with van der Waals surface area (Å²) in [7, 11) is 0. The Labute approximate surface area is 126 Å². The van der Waals surface area contributed by atoms with Gasteiger partial charge < -0.3 is 0 Å². The Kier molecular flexibility index (Phi) is 5.24. The fourth-order valence-electron chi connectivity index (χ4n) is 2.45. The molecule has 0 aromatic heterocycles. The highest BCUT2D eigenvalue weighted by Crippen LogP contribution is 2.41. The number of carbonyl (C=O) groups excluding carboxylic acids is 1. The lowest BCUT2D eigenvalue weighted by atomic mass is 9.82. The number of thioether (sulfide) groups is 1. The summed E-state index contributed by atoms with van der Waals surface area (Å²) < 4.78 is 0. The monoisotopic (exact) mass is 286 g/mol. The fraction of sp³-hybridized carbons (Fsp3) is 0.389. The van der Waals surface area contributed by atoms with Gasteiger partial charge >= 0.3 is 0 Å². The molecule has 2 atom stereocenters. The van der Waals surface area contributed by atoms with Crippen LogP contribution < -0.4 is 0 Å². The molecule has 2 aliphatic carbocycles. The number of hydrogen-bond donors (Lipinski definition) is 0. The van der Waals surface area contributed by atoms with Crippen LogP contribution >= 0.6 is 11.8 Å². The standard InChI is InChI=1S/C18H22OS/c1-4-17(19)16-11-12-18(14(3)13(16)2)20-15-9-7-5-6-8-10-15/h5-9,11-14H,4,10H2,1-3H3. The van der Waals surface area contributed by atoms with Gasteiger partial charge in [-0.15, -0.1) is 0 Å². The molecule has 0 aliphatic heterocycles. The van der Waals surface area contributed by atoms with E-state index in [1.165, 1.54) is 9.81 Å². The van der Waals surface area contributed by atoms with Crippen molar-refractivity contribution in [2.45, 2.75) is 33.6 Å². The second kappa shape index (κ2) is 6.94. The molecule has 0 bridgehead atoms. The SMILES string of the molecule is CCC(=O)C1=CC=C(SC2=CC=CC=CC2)C(C)C1C. The van der Waals surface area contributed by atoms with E-state index in [0.717, 1.165) is 12.0 Å². The first-order valence-electron chi connectivity index (χ1n) is 7.28. The molecule has 2 aliphatic rings. The molecule has 2 unspecified atom stereocenters. The lowest BCUT2D eigenvalue weighted by molar-refractivity contribution is -0.115. The van der Waals surface area contributed by atoms with E-state index in [4.69, 9.17) is 0 Å². The Morgan fingerprint density at radius 1 is 1.15 bits per heavy atom. The Bertz CT molecular complexity index is 532. The van der Waals surface area contributed by atoms with E-state index in [0.29, 0.717) is 18.3 Å². The smallest absolute Gasteiger partial charge is 0.158 e. The first kappa shape index (κ1) is 15.1. The molecule has 0 radical (unpaired) electrons. The third kappa shape index (κ3) is 3.43. The van der Waals surface area contributed by atoms with Crippen LogP contribution in [0.25, 0.3) is 0 Å². The summed E-state index contributed by atoms with van der Waals surface area (Å²) >= 11 is 1.85. The largest absolute Gasteiger partial charge is 0.295 e. The first-order chi connectivity index (χ1) is 9.63. The van der Waals surface area contributed by atoms with E-state index in [1.807, 2.05) is 24.8 Å². The summed E-state index contributed by atoms with van der Waals surface area (Å²) in [5.74, 6) is 1.00. The minimum absolute atomic E-state index is 0.282. The topological polar surface area (TPSA) is 17.1 Å². The molecular formula is C18H22OS. The van der Waals surface area contributed by atoms with Crippen molar-refractivity contribution in [2.24, 2.45) is 11.8 Å². The quantitative estimate of drug-likeness (QED) is 0.707. The maximum Gasteiger partial charge on any atom is 0.158 e. The molecule has 0 heterocycles. The van der Waals surface area contributed by atoms with Crippen molar-refractivity contribution in [3.63, 3.8) is 0 Å². The van der Waals surface area contributed by atoms with E-state index in [2.05, 4.69) is 50.3 Å². The predicted octanol–water partition coefficient (Wildman–Crippen LogP) is 5.19. The van der Waals surface area contributed by atoms with Gasteiger partial charge in [0.05, 0.1) is 0 Å². The van der Waals surface area contributed by atoms with Crippen molar-refractivity contribution in [3.8, 4) is 0 Å². The number of rotatable bonds is 4. The van der Waals surface area contributed by atoms with Crippen LogP contribution in [-0.4, -0.2) is 5.78 Å². The molecule has 2 heteroatoms. The van der Waals surface area contributed by atoms with Gasteiger partial charge in [-0.25, -0.2) is 0 Å². The molecule has 0 amide bonds. The van der Waals surface area contributed by atoms with Crippen LogP contribution in [0, 0.1) is 11.8 Å². The highest BCUT2D eigenvalue weighted by molar-refractivity contribution is 8.06. The predicted molar refractivity (Wildman–Crippen MR) is 88.4 cm³/mol. The summed E-state index contributed by atoms with van der Waals surface area (Å²) in [5.41, 5.74) is 0.985. The van der Waals surface area contributed by atoms with E-state index in [1.54, 1.807) is 0 Å². The second-order valence-electron chi connectivity index (χ2n) is 5.30. The van der Waals surface area contributed by atoms with Crippen LogP contribution in [0.4, 0.5) is 0 Å². The number of ketones is 1. The zero-order valence-electron chi connectivity index (χ0n) is 12.4. The van der Waals surface area contributed by atoms with Gasteiger partial charge in [0.25, 0.3) is 0 Å². The summed E-state index contributed by atoms with van der Waals surface area (Å²) in [6, 6.07) is 0. The number of hydrogen-bond acceptors (Lipinski definition) is 2. The molecule has 0 aromatic carbocycles. The summed E-state index contributed by atoms with van der Waals surface area (Å²) in [6.07, 6.45) is 16.3. The molecule has 0 aromatic rings. The van der Waals surface area contributed by atoms with Gasteiger partial charge in [-0.2, -0.15) is 0 Å². The Hall–Kier alpha value is -1.28. The van der Waals surface area contributed by atoms with Crippen molar-refractivity contribution in [3.05, 3.63) is 57.9 Å². The van der Waals surface area contributed by atoms with E-state index in [9.17, 15) is 4.79 Å². The minimum Gasteiger partial charge on any atom is -0.295 e. The van der Waals surface area contributed by atoms with E-state index >= 15 is 0 Å². The number of Topliss-reactive ketones (excluding diaryl/α,β-unsaturated/α-hetero) is 1. The molecule has 106 valence electrons.